The van der Waals surface area contributed by atoms with Crippen LogP contribution in [0.2, 0.25) is 0 Å². The first-order valence-electron chi connectivity index (χ1n) is 5.52. The molecule has 0 unspecified atom stereocenters. The Kier molecular flexibility index (Phi) is 2.76. The number of nitrogen functional groups attached to an aromatic ring is 1. The minimum atomic E-state index is -0.460. The third-order valence-corrected chi connectivity index (χ3v) is 3.35. The lowest BCUT2D eigenvalue weighted by Gasteiger charge is -2.35. The van der Waals surface area contributed by atoms with Gasteiger partial charge in [0.2, 0.25) is 0 Å². The van der Waals surface area contributed by atoms with E-state index < -0.39 is 11.4 Å². The summed E-state index contributed by atoms with van der Waals surface area (Å²) in [6, 6.07) is 7.39. The Hall–Kier alpha value is -2.02. The first-order chi connectivity index (χ1) is 8.11. The van der Waals surface area contributed by atoms with Crippen molar-refractivity contribution < 1.29 is 9.53 Å². The largest absolute Gasteiger partial charge is 0.465 e. The zero-order valence-electron chi connectivity index (χ0n) is 9.69. The van der Waals surface area contributed by atoms with E-state index in [0.29, 0.717) is 11.3 Å². The number of carbonyl (C=O) groups is 1. The van der Waals surface area contributed by atoms with Gasteiger partial charge in [0.1, 0.15) is 0 Å². The second-order valence-electron chi connectivity index (χ2n) is 4.38. The van der Waals surface area contributed by atoms with Crippen LogP contribution in [0.25, 0.3) is 0 Å². The lowest BCUT2D eigenvalue weighted by molar-refractivity contribution is 0.0600. The highest BCUT2D eigenvalue weighted by molar-refractivity contribution is 5.90. The summed E-state index contributed by atoms with van der Waals surface area (Å²) in [6.45, 7) is 0. The van der Waals surface area contributed by atoms with Gasteiger partial charge in [-0.3, -0.25) is 0 Å². The third kappa shape index (κ3) is 1.84. The number of nitrogens with two attached hydrogens (primary N) is 1. The zero-order chi connectivity index (χ0) is 12.5. The lowest BCUT2D eigenvalue weighted by atomic mass is 9.65. The number of methoxy groups -OCH3 is 1. The van der Waals surface area contributed by atoms with E-state index >= 15 is 0 Å². The molecule has 88 valence electrons. The Labute approximate surface area is 100.0 Å². The summed E-state index contributed by atoms with van der Waals surface area (Å²) in [5, 5.41) is 9.26. The maximum absolute atomic E-state index is 11.5. The molecule has 1 aliphatic carbocycles. The molecule has 0 amide bonds. The summed E-state index contributed by atoms with van der Waals surface area (Å²) < 4.78 is 4.67. The van der Waals surface area contributed by atoms with E-state index in [-0.39, 0.29) is 0 Å². The van der Waals surface area contributed by atoms with Crippen LogP contribution in [-0.4, -0.2) is 13.1 Å². The highest BCUT2D eigenvalue weighted by Gasteiger charge is 2.39. The van der Waals surface area contributed by atoms with E-state index in [1.54, 1.807) is 18.2 Å². The lowest BCUT2D eigenvalue weighted by Crippen LogP contribution is -2.32. The van der Waals surface area contributed by atoms with Gasteiger partial charge in [-0.1, -0.05) is 0 Å². The highest BCUT2D eigenvalue weighted by atomic mass is 16.5. The van der Waals surface area contributed by atoms with Crippen LogP contribution in [0.15, 0.2) is 18.2 Å². The second kappa shape index (κ2) is 4.10. The zero-order valence-corrected chi connectivity index (χ0v) is 9.69. The Morgan fingerprint density at radius 1 is 1.47 bits per heavy atom. The molecule has 0 aromatic heterocycles. The molecule has 1 aliphatic rings. The van der Waals surface area contributed by atoms with Crippen LogP contribution < -0.4 is 5.73 Å². The molecule has 1 aromatic rings. The molecule has 4 nitrogen and oxygen atoms in total. The van der Waals surface area contributed by atoms with Crippen molar-refractivity contribution in [3.05, 3.63) is 29.3 Å². The summed E-state index contributed by atoms with van der Waals surface area (Å²) in [6.07, 6.45) is 2.69. The van der Waals surface area contributed by atoms with Crippen molar-refractivity contribution in [3.63, 3.8) is 0 Å². The van der Waals surface area contributed by atoms with Crippen LogP contribution in [0, 0.1) is 11.3 Å². The Morgan fingerprint density at radius 3 is 2.65 bits per heavy atom. The monoisotopic (exact) mass is 230 g/mol. The van der Waals surface area contributed by atoms with Gasteiger partial charge >= 0.3 is 5.97 Å². The molecule has 0 saturated heterocycles. The number of ether oxygens (including phenoxy) is 1. The number of benzene rings is 1. The number of nitrogens with zero attached hydrogens (tertiary/aromatic N) is 1. The van der Waals surface area contributed by atoms with Gasteiger partial charge in [0.15, 0.2) is 0 Å². The van der Waals surface area contributed by atoms with Crippen LogP contribution in [0.4, 0.5) is 5.69 Å². The average Bonchev–Trinajstić information content (AvgIpc) is 2.26. The molecule has 0 aliphatic heterocycles. The van der Waals surface area contributed by atoms with E-state index in [1.807, 2.05) is 0 Å². The van der Waals surface area contributed by atoms with Gasteiger partial charge in [0.25, 0.3) is 0 Å². The number of esters is 1. The van der Waals surface area contributed by atoms with Crippen molar-refractivity contribution in [2.75, 3.05) is 12.8 Å². The Morgan fingerprint density at radius 2 is 2.18 bits per heavy atom. The normalized spacial score (nSPS) is 16.7. The Bertz CT molecular complexity index is 499. The second-order valence-corrected chi connectivity index (χ2v) is 4.38. The van der Waals surface area contributed by atoms with Gasteiger partial charge in [-0.05, 0) is 43.0 Å². The van der Waals surface area contributed by atoms with Crippen molar-refractivity contribution in [3.8, 4) is 6.07 Å². The molecule has 0 bridgehead atoms. The van der Waals surface area contributed by atoms with E-state index in [1.165, 1.54) is 7.11 Å². The van der Waals surface area contributed by atoms with Crippen LogP contribution in [0.1, 0.15) is 35.2 Å². The molecule has 1 saturated carbocycles. The first kappa shape index (κ1) is 11.5. The molecule has 2 rings (SSSR count). The fourth-order valence-corrected chi connectivity index (χ4v) is 2.16. The molecule has 0 heterocycles. The predicted molar refractivity (Wildman–Crippen MR) is 63.3 cm³/mol. The summed E-state index contributed by atoms with van der Waals surface area (Å²) in [5.74, 6) is -0.425. The number of rotatable bonds is 2. The topological polar surface area (TPSA) is 76.1 Å². The fourth-order valence-electron chi connectivity index (χ4n) is 2.16. The minimum Gasteiger partial charge on any atom is -0.465 e. The molecule has 2 N–H and O–H groups in total. The van der Waals surface area contributed by atoms with Gasteiger partial charge in [-0.25, -0.2) is 4.79 Å². The van der Waals surface area contributed by atoms with Gasteiger partial charge in [0.05, 0.1) is 24.2 Å². The molecule has 0 spiro atoms. The Balaban J connectivity index is 2.46. The molecule has 1 fully saturated rings. The smallest absolute Gasteiger partial charge is 0.337 e. The molecular weight excluding hydrogens is 216 g/mol. The van der Waals surface area contributed by atoms with E-state index in [0.717, 1.165) is 24.8 Å². The van der Waals surface area contributed by atoms with Crippen LogP contribution in [0.5, 0.6) is 0 Å². The van der Waals surface area contributed by atoms with Crippen molar-refractivity contribution in [1.29, 1.82) is 5.26 Å². The number of carbonyl (C=O) groups excluding carboxylic acids is 1. The van der Waals surface area contributed by atoms with E-state index in [2.05, 4.69) is 10.8 Å². The molecule has 1 aromatic carbocycles. The molecule has 17 heavy (non-hydrogen) atoms. The summed E-state index contributed by atoms with van der Waals surface area (Å²) in [7, 11) is 1.33. The average molecular weight is 230 g/mol. The molecule has 4 heteroatoms. The SMILES string of the molecule is COC(=O)c1cc(N)cc(C2(C#N)CCC2)c1. The molecular formula is C13H14N2O2. The summed E-state index contributed by atoms with van der Waals surface area (Å²) in [5.41, 5.74) is 7.03. The van der Waals surface area contributed by atoms with Gasteiger partial charge in [-0.15, -0.1) is 0 Å². The van der Waals surface area contributed by atoms with Crippen molar-refractivity contribution in [2.24, 2.45) is 0 Å². The molecule has 0 radical (unpaired) electrons. The first-order valence-corrected chi connectivity index (χ1v) is 5.52. The minimum absolute atomic E-state index is 0.407. The van der Waals surface area contributed by atoms with Crippen LogP contribution in [-0.2, 0) is 10.2 Å². The number of hydrogen-bond donors (Lipinski definition) is 1. The van der Waals surface area contributed by atoms with Crippen molar-refractivity contribution >= 4 is 11.7 Å². The molecule has 0 atom stereocenters. The highest BCUT2D eigenvalue weighted by Crippen LogP contribution is 2.43. The summed E-state index contributed by atoms with van der Waals surface area (Å²) in [4.78, 5) is 11.5. The fraction of sp³-hybridized carbons (Fsp3) is 0.385. The number of nitriles is 1. The van der Waals surface area contributed by atoms with E-state index in [4.69, 9.17) is 5.73 Å². The maximum Gasteiger partial charge on any atom is 0.337 e. The predicted octanol–water partition coefficient (Wildman–Crippen LogP) is 2.00. The van der Waals surface area contributed by atoms with E-state index in [9.17, 15) is 10.1 Å². The van der Waals surface area contributed by atoms with Crippen molar-refractivity contribution in [1.82, 2.24) is 0 Å². The van der Waals surface area contributed by atoms with Gasteiger partial charge in [0, 0.05) is 5.69 Å². The number of hydrogen-bond acceptors (Lipinski definition) is 4. The maximum atomic E-state index is 11.5. The third-order valence-electron chi connectivity index (χ3n) is 3.35. The quantitative estimate of drug-likeness (QED) is 0.622. The number of anilines is 1. The standard InChI is InChI=1S/C13H14N2O2/c1-17-12(16)9-5-10(7-11(15)6-9)13(8-14)3-2-4-13/h5-7H,2-4,15H2,1H3. The van der Waals surface area contributed by atoms with Crippen LogP contribution >= 0.6 is 0 Å². The van der Waals surface area contributed by atoms with Gasteiger partial charge in [-0.2, -0.15) is 5.26 Å². The van der Waals surface area contributed by atoms with Gasteiger partial charge < -0.3 is 10.5 Å². The summed E-state index contributed by atoms with van der Waals surface area (Å²) >= 11 is 0. The van der Waals surface area contributed by atoms with Crippen molar-refractivity contribution in [2.45, 2.75) is 24.7 Å². The van der Waals surface area contributed by atoms with Crippen LogP contribution in [0.3, 0.4) is 0 Å².